The van der Waals surface area contributed by atoms with Crippen molar-refractivity contribution in [2.24, 2.45) is 5.73 Å². The van der Waals surface area contributed by atoms with Crippen molar-refractivity contribution in [3.63, 3.8) is 0 Å². The molecule has 0 saturated heterocycles. The Balaban J connectivity index is 2.53. The van der Waals surface area contributed by atoms with Crippen molar-refractivity contribution >= 4 is 5.91 Å². The van der Waals surface area contributed by atoms with Crippen LogP contribution >= 0.6 is 0 Å². The van der Waals surface area contributed by atoms with Gasteiger partial charge in [0, 0.05) is 18.7 Å². The molecule has 1 rings (SSSR count). The third-order valence-corrected chi connectivity index (χ3v) is 2.88. The van der Waals surface area contributed by atoms with E-state index in [1.807, 2.05) is 36.9 Å². The van der Waals surface area contributed by atoms with E-state index in [2.05, 4.69) is 4.98 Å². The number of aromatic nitrogens is 1. The fourth-order valence-corrected chi connectivity index (χ4v) is 1.84. The molecule has 100 valence electrons. The van der Waals surface area contributed by atoms with E-state index in [1.54, 1.807) is 0 Å². The van der Waals surface area contributed by atoms with E-state index in [0.29, 0.717) is 19.5 Å². The summed E-state index contributed by atoms with van der Waals surface area (Å²) in [4.78, 5) is 18.3. The van der Waals surface area contributed by atoms with Crippen LogP contribution in [0.5, 0.6) is 0 Å². The first kappa shape index (κ1) is 14.6. The van der Waals surface area contributed by atoms with Crippen LogP contribution in [0.2, 0.25) is 0 Å². The Kier molecular flexibility index (Phi) is 6.36. The van der Waals surface area contributed by atoms with Crippen LogP contribution in [0.1, 0.15) is 37.6 Å². The molecule has 0 aliphatic rings. The zero-order valence-electron chi connectivity index (χ0n) is 11.4. The quantitative estimate of drug-likeness (QED) is 0.750. The molecule has 2 N–H and O–H groups in total. The van der Waals surface area contributed by atoms with Crippen LogP contribution in [0.25, 0.3) is 0 Å². The fourth-order valence-electron chi connectivity index (χ4n) is 1.84. The summed E-state index contributed by atoms with van der Waals surface area (Å²) in [5.41, 5.74) is 7.36. The number of nitrogens with two attached hydrogens (primary N) is 1. The number of nitrogens with zero attached hydrogens (tertiary/aromatic N) is 2. The van der Waals surface area contributed by atoms with Crippen LogP contribution in [0, 0.1) is 6.92 Å². The molecule has 0 saturated carbocycles. The standard InChI is InChI=1S/C14H23N3O/c1-3-17(14(18)9-4-5-10-15)11-13-8-6-7-12(2)16-13/h6-8H,3-5,9-11,15H2,1-2H3. The number of aryl methyl sites for hydroxylation is 1. The molecule has 0 fully saturated rings. The number of carbonyl (C=O) groups excluding carboxylic acids is 1. The molecule has 0 aliphatic carbocycles. The molecule has 0 bridgehead atoms. The third-order valence-electron chi connectivity index (χ3n) is 2.88. The molecule has 1 heterocycles. The molecule has 4 nitrogen and oxygen atoms in total. The summed E-state index contributed by atoms with van der Waals surface area (Å²) < 4.78 is 0. The van der Waals surface area contributed by atoms with Gasteiger partial charge in [-0.25, -0.2) is 0 Å². The number of pyridine rings is 1. The Morgan fingerprint density at radius 1 is 1.39 bits per heavy atom. The van der Waals surface area contributed by atoms with E-state index < -0.39 is 0 Å². The lowest BCUT2D eigenvalue weighted by Gasteiger charge is -2.20. The predicted octanol–water partition coefficient (Wildman–Crippen LogP) is 1.87. The second-order valence-electron chi connectivity index (χ2n) is 4.42. The van der Waals surface area contributed by atoms with Crippen LogP contribution in [0.4, 0.5) is 0 Å². The van der Waals surface area contributed by atoms with Gasteiger partial charge in [0.2, 0.25) is 5.91 Å². The van der Waals surface area contributed by atoms with E-state index >= 15 is 0 Å². The van der Waals surface area contributed by atoms with Gasteiger partial charge in [0.05, 0.1) is 12.2 Å². The van der Waals surface area contributed by atoms with Crippen LogP contribution in [0.15, 0.2) is 18.2 Å². The zero-order chi connectivity index (χ0) is 13.4. The van der Waals surface area contributed by atoms with Crippen LogP contribution < -0.4 is 5.73 Å². The molecule has 0 aromatic carbocycles. The van der Waals surface area contributed by atoms with Crippen molar-refractivity contribution in [2.45, 2.75) is 39.7 Å². The van der Waals surface area contributed by atoms with Crippen LogP contribution in [-0.4, -0.2) is 28.9 Å². The van der Waals surface area contributed by atoms with Gasteiger partial charge in [-0.2, -0.15) is 0 Å². The maximum atomic E-state index is 12.0. The number of carbonyl (C=O) groups is 1. The van der Waals surface area contributed by atoms with E-state index in [1.165, 1.54) is 0 Å². The van der Waals surface area contributed by atoms with E-state index in [4.69, 9.17) is 5.73 Å². The van der Waals surface area contributed by atoms with Gasteiger partial charge in [-0.05, 0) is 45.4 Å². The molecular weight excluding hydrogens is 226 g/mol. The van der Waals surface area contributed by atoms with Crippen molar-refractivity contribution < 1.29 is 4.79 Å². The number of hydrogen-bond donors (Lipinski definition) is 1. The molecule has 4 heteroatoms. The summed E-state index contributed by atoms with van der Waals surface area (Å²) in [6.07, 6.45) is 2.36. The summed E-state index contributed by atoms with van der Waals surface area (Å²) in [7, 11) is 0. The minimum atomic E-state index is 0.189. The van der Waals surface area contributed by atoms with Crippen molar-refractivity contribution in [1.82, 2.24) is 9.88 Å². The molecule has 0 spiro atoms. The summed E-state index contributed by atoms with van der Waals surface area (Å²) in [6.45, 7) is 5.93. The van der Waals surface area contributed by atoms with Crippen LogP contribution in [0.3, 0.4) is 0 Å². The minimum Gasteiger partial charge on any atom is -0.337 e. The average molecular weight is 249 g/mol. The highest BCUT2D eigenvalue weighted by atomic mass is 16.2. The van der Waals surface area contributed by atoms with Gasteiger partial charge < -0.3 is 10.6 Å². The van der Waals surface area contributed by atoms with Crippen molar-refractivity contribution in [3.05, 3.63) is 29.6 Å². The SMILES string of the molecule is CCN(Cc1cccc(C)n1)C(=O)CCCCN. The van der Waals surface area contributed by atoms with E-state index in [-0.39, 0.29) is 5.91 Å². The average Bonchev–Trinajstić information content (AvgIpc) is 2.36. The normalized spacial score (nSPS) is 10.4. The van der Waals surface area contributed by atoms with Crippen molar-refractivity contribution in [2.75, 3.05) is 13.1 Å². The highest BCUT2D eigenvalue weighted by Gasteiger charge is 2.12. The monoisotopic (exact) mass is 249 g/mol. The molecule has 18 heavy (non-hydrogen) atoms. The Morgan fingerprint density at radius 2 is 2.17 bits per heavy atom. The lowest BCUT2D eigenvalue weighted by atomic mass is 10.2. The molecule has 1 aromatic heterocycles. The van der Waals surface area contributed by atoms with Crippen molar-refractivity contribution in [1.29, 1.82) is 0 Å². The highest BCUT2D eigenvalue weighted by molar-refractivity contribution is 5.76. The van der Waals surface area contributed by atoms with Gasteiger partial charge >= 0.3 is 0 Å². The van der Waals surface area contributed by atoms with Crippen LogP contribution in [-0.2, 0) is 11.3 Å². The summed E-state index contributed by atoms with van der Waals surface area (Å²) >= 11 is 0. The van der Waals surface area contributed by atoms with Crippen molar-refractivity contribution in [3.8, 4) is 0 Å². The Labute approximate surface area is 109 Å². The summed E-state index contributed by atoms with van der Waals surface area (Å²) in [5, 5.41) is 0. The van der Waals surface area contributed by atoms with Gasteiger partial charge in [-0.15, -0.1) is 0 Å². The van der Waals surface area contributed by atoms with E-state index in [9.17, 15) is 4.79 Å². The first-order valence-electron chi connectivity index (χ1n) is 6.57. The molecule has 0 unspecified atom stereocenters. The predicted molar refractivity (Wildman–Crippen MR) is 73.0 cm³/mol. The Hall–Kier alpha value is -1.42. The molecule has 0 atom stereocenters. The molecular formula is C14H23N3O. The Morgan fingerprint density at radius 3 is 2.78 bits per heavy atom. The largest absolute Gasteiger partial charge is 0.337 e. The maximum Gasteiger partial charge on any atom is 0.222 e. The molecule has 1 amide bonds. The lowest BCUT2D eigenvalue weighted by molar-refractivity contribution is -0.131. The van der Waals surface area contributed by atoms with E-state index in [0.717, 1.165) is 30.8 Å². The van der Waals surface area contributed by atoms with Gasteiger partial charge in [-0.3, -0.25) is 9.78 Å². The lowest BCUT2D eigenvalue weighted by Crippen LogP contribution is -2.30. The number of hydrogen-bond acceptors (Lipinski definition) is 3. The second-order valence-corrected chi connectivity index (χ2v) is 4.42. The number of amides is 1. The topological polar surface area (TPSA) is 59.2 Å². The maximum absolute atomic E-state index is 12.0. The zero-order valence-corrected chi connectivity index (χ0v) is 11.4. The smallest absolute Gasteiger partial charge is 0.222 e. The van der Waals surface area contributed by atoms with Gasteiger partial charge in [0.15, 0.2) is 0 Å². The third kappa shape index (κ3) is 4.84. The Bertz CT molecular complexity index is 379. The fraction of sp³-hybridized carbons (Fsp3) is 0.571. The van der Waals surface area contributed by atoms with Gasteiger partial charge in [0.1, 0.15) is 0 Å². The minimum absolute atomic E-state index is 0.189. The molecule has 1 aromatic rings. The number of unbranched alkanes of at least 4 members (excludes halogenated alkanes) is 1. The summed E-state index contributed by atoms with van der Waals surface area (Å²) in [5.74, 6) is 0.189. The molecule has 0 radical (unpaired) electrons. The van der Waals surface area contributed by atoms with Gasteiger partial charge in [0.25, 0.3) is 0 Å². The van der Waals surface area contributed by atoms with Gasteiger partial charge in [-0.1, -0.05) is 6.07 Å². The first-order chi connectivity index (χ1) is 8.67. The second kappa shape index (κ2) is 7.82. The first-order valence-corrected chi connectivity index (χ1v) is 6.57. The highest BCUT2D eigenvalue weighted by Crippen LogP contribution is 2.06. The molecule has 0 aliphatic heterocycles. The number of rotatable bonds is 7. The summed E-state index contributed by atoms with van der Waals surface area (Å²) in [6, 6.07) is 5.90.